The Bertz CT molecular complexity index is 1090. The van der Waals surface area contributed by atoms with E-state index in [0.29, 0.717) is 19.3 Å². The van der Waals surface area contributed by atoms with Crippen LogP contribution in [0.1, 0.15) is 303 Å². The third kappa shape index (κ3) is 52.5. The van der Waals surface area contributed by atoms with Crippen LogP contribution in [0.15, 0.2) is 36.5 Å². The second kappa shape index (κ2) is 54.2. The summed E-state index contributed by atoms with van der Waals surface area (Å²) < 4.78 is 16.8. The number of hydrogen-bond donors (Lipinski definition) is 0. The first-order valence-corrected chi connectivity index (χ1v) is 28.5. The molecule has 0 unspecified atom stereocenters. The van der Waals surface area contributed by atoms with Crippen molar-refractivity contribution in [2.75, 3.05) is 13.2 Å². The highest BCUT2D eigenvalue weighted by Gasteiger charge is 2.19. The first kappa shape index (κ1) is 62.6. The molecular weight excluding hydrogens is 805 g/mol. The van der Waals surface area contributed by atoms with Crippen LogP contribution in [0, 0.1) is 0 Å². The van der Waals surface area contributed by atoms with Gasteiger partial charge in [-0.2, -0.15) is 0 Å². The van der Waals surface area contributed by atoms with Crippen molar-refractivity contribution in [2.24, 2.45) is 0 Å². The molecular formula is C59H108O6. The number of carbonyl (C=O) groups excluding carboxylic acids is 3. The molecule has 0 fully saturated rings. The highest BCUT2D eigenvalue weighted by molar-refractivity contribution is 5.71. The van der Waals surface area contributed by atoms with E-state index in [1.54, 1.807) is 0 Å². The summed E-state index contributed by atoms with van der Waals surface area (Å²) in [7, 11) is 0. The third-order valence-corrected chi connectivity index (χ3v) is 12.6. The summed E-state index contributed by atoms with van der Waals surface area (Å²) in [5.41, 5.74) is 0. The van der Waals surface area contributed by atoms with E-state index in [1.165, 1.54) is 180 Å². The molecule has 0 saturated heterocycles. The third-order valence-electron chi connectivity index (χ3n) is 12.6. The molecule has 380 valence electrons. The first-order valence-electron chi connectivity index (χ1n) is 28.5. The van der Waals surface area contributed by atoms with E-state index >= 15 is 0 Å². The Morgan fingerprint density at radius 2 is 0.554 bits per heavy atom. The van der Waals surface area contributed by atoms with E-state index in [9.17, 15) is 14.4 Å². The summed E-state index contributed by atoms with van der Waals surface area (Å²) in [6.07, 6.45) is 64.2. The summed E-state index contributed by atoms with van der Waals surface area (Å²) >= 11 is 0. The molecule has 6 nitrogen and oxygen atoms in total. The molecule has 0 amide bonds. The van der Waals surface area contributed by atoms with Crippen LogP contribution in [-0.2, 0) is 28.6 Å². The van der Waals surface area contributed by atoms with Crippen molar-refractivity contribution in [1.82, 2.24) is 0 Å². The Morgan fingerprint density at radius 1 is 0.308 bits per heavy atom. The maximum absolute atomic E-state index is 12.8. The minimum atomic E-state index is -0.776. The van der Waals surface area contributed by atoms with Gasteiger partial charge in [-0.15, -0.1) is 0 Å². The minimum Gasteiger partial charge on any atom is -0.462 e. The quantitative estimate of drug-likeness (QED) is 0.0262. The average molecular weight is 914 g/mol. The summed E-state index contributed by atoms with van der Waals surface area (Å²) in [4.78, 5) is 38.1. The van der Waals surface area contributed by atoms with E-state index in [1.807, 2.05) is 0 Å². The molecule has 0 aliphatic carbocycles. The second-order valence-corrected chi connectivity index (χ2v) is 19.2. The maximum atomic E-state index is 12.8. The van der Waals surface area contributed by atoms with Gasteiger partial charge in [0, 0.05) is 19.3 Å². The van der Waals surface area contributed by atoms with E-state index < -0.39 is 6.10 Å². The predicted octanol–water partition coefficient (Wildman–Crippen LogP) is 18.9. The van der Waals surface area contributed by atoms with Gasteiger partial charge in [-0.1, -0.05) is 243 Å². The second-order valence-electron chi connectivity index (χ2n) is 19.2. The van der Waals surface area contributed by atoms with Crippen LogP contribution in [0.4, 0.5) is 0 Å². The highest BCUT2D eigenvalue weighted by atomic mass is 16.6. The fraction of sp³-hybridized carbons (Fsp3) is 0.847. The molecule has 0 aliphatic rings. The Hall–Kier alpha value is -2.37. The van der Waals surface area contributed by atoms with Crippen LogP contribution in [0.25, 0.3) is 0 Å². The molecule has 0 aliphatic heterocycles. The van der Waals surface area contributed by atoms with Gasteiger partial charge in [0.25, 0.3) is 0 Å². The number of esters is 3. The Labute approximate surface area is 404 Å². The van der Waals surface area contributed by atoms with Crippen molar-refractivity contribution in [1.29, 1.82) is 0 Å². The number of hydrogen-bond acceptors (Lipinski definition) is 6. The van der Waals surface area contributed by atoms with Gasteiger partial charge in [-0.05, 0) is 77.0 Å². The molecule has 6 heteroatoms. The van der Waals surface area contributed by atoms with Crippen molar-refractivity contribution in [3.05, 3.63) is 36.5 Å². The lowest BCUT2D eigenvalue weighted by Crippen LogP contribution is -2.30. The van der Waals surface area contributed by atoms with Gasteiger partial charge in [0.05, 0.1) is 0 Å². The number of rotatable bonds is 52. The molecule has 0 aromatic rings. The molecule has 0 rings (SSSR count). The monoisotopic (exact) mass is 913 g/mol. The summed E-state index contributed by atoms with van der Waals surface area (Å²) in [5.74, 6) is -0.875. The topological polar surface area (TPSA) is 78.9 Å². The lowest BCUT2D eigenvalue weighted by atomic mass is 10.0. The van der Waals surface area contributed by atoms with Crippen LogP contribution in [0.3, 0.4) is 0 Å². The minimum absolute atomic E-state index is 0.0747. The molecule has 0 spiro atoms. The van der Waals surface area contributed by atoms with Gasteiger partial charge >= 0.3 is 17.9 Å². The van der Waals surface area contributed by atoms with Gasteiger partial charge in [-0.25, -0.2) is 0 Å². The zero-order valence-corrected chi connectivity index (χ0v) is 43.5. The molecule has 0 aromatic heterocycles. The summed E-state index contributed by atoms with van der Waals surface area (Å²) in [6.45, 7) is 6.62. The molecule has 65 heavy (non-hydrogen) atoms. The lowest BCUT2D eigenvalue weighted by Gasteiger charge is -2.18. The van der Waals surface area contributed by atoms with Gasteiger partial charge in [0.15, 0.2) is 6.10 Å². The van der Waals surface area contributed by atoms with Crippen molar-refractivity contribution in [2.45, 2.75) is 309 Å². The van der Waals surface area contributed by atoms with Crippen LogP contribution in [0.5, 0.6) is 0 Å². The normalized spacial score (nSPS) is 12.2. The van der Waals surface area contributed by atoms with Gasteiger partial charge < -0.3 is 14.2 Å². The fourth-order valence-electron chi connectivity index (χ4n) is 8.29. The zero-order chi connectivity index (χ0) is 47.2. The van der Waals surface area contributed by atoms with Gasteiger partial charge in [0.1, 0.15) is 13.2 Å². The molecule has 1 atom stereocenters. The molecule has 0 radical (unpaired) electrons. The lowest BCUT2D eigenvalue weighted by molar-refractivity contribution is -0.167. The SMILES string of the molecule is CCCCC/C=C\C/C=C\CCCCCCCC(=O)O[C@@H](COC(=O)CCCCCCCCCCCCC)COC(=O)CCCCCCCCCCCCC/C=C\CCCCCCCC. The van der Waals surface area contributed by atoms with Crippen LogP contribution < -0.4 is 0 Å². The van der Waals surface area contributed by atoms with Gasteiger partial charge in [0.2, 0.25) is 0 Å². The summed E-state index contributed by atoms with van der Waals surface area (Å²) in [5, 5.41) is 0. The molecule has 0 saturated carbocycles. The Morgan fingerprint density at radius 3 is 0.892 bits per heavy atom. The largest absolute Gasteiger partial charge is 0.462 e. The van der Waals surface area contributed by atoms with Crippen LogP contribution in [-0.4, -0.2) is 37.2 Å². The number of allylic oxidation sites excluding steroid dienone is 6. The summed E-state index contributed by atoms with van der Waals surface area (Å²) in [6, 6.07) is 0. The van der Waals surface area contributed by atoms with Crippen molar-refractivity contribution in [3.8, 4) is 0 Å². The van der Waals surface area contributed by atoms with E-state index in [0.717, 1.165) is 83.5 Å². The fourth-order valence-corrected chi connectivity index (χ4v) is 8.29. The Kier molecular flexibility index (Phi) is 52.3. The molecule has 0 heterocycles. The first-order chi connectivity index (χ1) is 32.0. The van der Waals surface area contributed by atoms with E-state index in [2.05, 4.69) is 57.2 Å². The standard InChI is InChI=1S/C59H108O6/c1-4-7-10-13-16-19-22-24-26-27-28-29-30-31-33-34-37-40-43-46-49-52-58(61)64-55-56(54-63-57(60)51-48-45-42-39-36-21-18-15-12-9-6-3)65-59(62)53-50-47-44-41-38-35-32-25-23-20-17-14-11-8-5-2/h17,20,24-26,32,56H,4-16,18-19,21-23,27-31,33-55H2,1-3H3/b20-17-,26-24-,32-25-/t56-/m0/s1. The average Bonchev–Trinajstić information content (AvgIpc) is 3.30. The van der Waals surface area contributed by atoms with E-state index in [-0.39, 0.29) is 31.1 Å². The van der Waals surface area contributed by atoms with Crippen LogP contribution in [0.2, 0.25) is 0 Å². The number of unbranched alkanes of at least 4 members (excludes halogenated alkanes) is 35. The predicted molar refractivity (Wildman–Crippen MR) is 279 cm³/mol. The molecule has 0 bridgehead atoms. The van der Waals surface area contributed by atoms with E-state index in [4.69, 9.17) is 14.2 Å². The number of ether oxygens (including phenoxy) is 3. The smallest absolute Gasteiger partial charge is 0.306 e. The van der Waals surface area contributed by atoms with Crippen LogP contribution >= 0.6 is 0 Å². The molecule has 0 N–H and O–H groups in total. The zero-order valence-electron chi connectivity index (χ0n) is 43.5. The maximum Gasteiger partial charge on any atom is 0.306 e. The van der Waals surface area contributed by atoms with Crippen molar-refractivity contribution < 1.29 is 28.6 Å². The van der Waals surface area contributed by atoms with Crippen molar-refractivity contribution in [3.63, 3.8) is 0 Å². The number of carbonyl (C=O) groups is 3. The Balaban J connectivity index is 4.28. The van der Waals surface area contributed by atoms with Gasteiger partial charge in [-0.3, -0.25) is 14.4 Å². The van der Waals surface area contributed by atoms with Crippen molar-refractivity contribution >= 4 is 17.9 Å². The molecule has 0 aromatic carbocycles. The highest BCUT2D eigenvalue weighted by Crippen LogP contribution is 2.16.